The van der Waals surface area contributed by atoms with Crippen LogP contribution in [0.15, 0.2) is 47.6 Å². The number of nitrogens with one attached hydrogen (secondary N) is 1. The number of hydrogen-bond donors (Lipinski definition) is 1. The fourth-order valence-corrected chi connectivity index (χ4v) is 4.01. The summed E-state index contributed by atoms with van der Waals surface area (Å²) in [4.78, 5) is 12.7. The number of anilines is 1. The monoisotopic (exact) mass is 342 g/mol. The van der Waals surface area contributed by atoms with Gasteiger partial charge in [0.05, 0.1) is 5.25 Å². The Kier molecular flexibility index (Phi) is 5.09. The number of aryl methyl sites for hydroxylation is 2. The van der Waals surface area contributed by atoms with E-state index in [0.29, 0.717) is 5.03 Å². The third kappa shape index (κ3) is 3.73. The minimum Gasteiger partial charge on any atom is -0.618 e. The molecule has 1 N–H and O–H groups in total. The van der Waals surface area contributed by atoms with E-state index in [4.69, 9.17) is 0 Å². The first-order valence-electron chi connectivity index (χ1n) is 8.32. The fraction of sp³-hybridized carbons (Fsp3) is 0.368. The Bertz CT molecular complexity index is 746. The highest BCUT2D eigenvalue weighted by atomic mass is 32.2. The number of carbonyl (C=O) groups excluding carboxylic acids is 1. The van der Waals surface area contributed by atoms with E-state index in [1.165, 1.54) is 35.5 Å². The molecule has 1 aromatic heterocycles. The smallest absolute Gasteiger partial charge is 0.252 e. The summed E-state index contributed by atoms with van der Waals surface area (Å²) in [6.45, 7) is 4.00. The van der Waals surface area contributed by atoms with E-state index in [1.54, 1.807) is 12.1 Å². The van der Waals surface area contributed by atoms with Gasteiger partial charge >= 0.3 is 0 Å². The van der Waals surface area contributed by atoms with Crippen LogP contribution in [0.1, 0.15) is 31.4 Å². The number of nitrogens with zero attached hydrogens (tertiary/aromatic N) is 1. The molecule has 126 valence electrons. The average molecular weight is 342 g/mol. The van der Waals surface area contributed by atoms with Crippen molar-refractivity contribution in [3.8, 4) is 0 Å². The Morgan fingerprint density at radius 1 is 1.21 bits per heavy atom. The molecular weight excluding hydrogens is 320 g/mol. The van der Waals surface area contributed by atoms with Crippen LogP contribution in [0.5, 0.6) is 0 Å². The SMILES string of the molecule is CC(C)[C@@H](Sc1cccc[n+]1[O-])C(=O)Nc1ccc2c(c1)CCC2. The molecular formula is C19H22N2O2S. The van der Waals surface area contributed by atoms with Crippen LogP contribution < -0.4 is 10.0 Å². The molecule has 0 unspecified atom stereocenters. The third-order valence-electron chi connectivity index (χ3n) is 4.27. The van der Waals surface area contributed by atoms with Gasteiger partial charge in [-0.3, -0.25) is 4.79 Å². The molecule has 1 atom stereocenters. The lowest BCUT2D eigenvalue weighted by molar-refractivity contribution is -0.645. The van der Waals surface area contributed by atoms with Crippen molar-refractivity contribution in [1.82, 2.24) is 0 Å². The molecule has 1 aliphatic carbocycles. The maximum atomic E-state index is 12.7. The summed E-state index contributed by atoms with van der Waals surface area (Å²) in [5, 5.41) is 15.1. The lowest BCUT2D eigenvalue weighted by atomic mass is 10.1. The minimum atomic E-state index is -0.319. The van der Waals surface area contributed by atoms with Gasteiger partial charge in [0, 0.05) is 17.8 Å². The molecule has 3 rings (SSSR count). The Morgan fingerprint density at radius 3 is 2.75 bits per heavy atom. The number of fused-ring (bicyclic) bond motifs is 1. The topological polar surface area (TPSA) is 56.0 Å². The van der Waals surface area contributed by atoms with Gasteiger partial charge in [-0.25, -0.2) is 0 Å². The standard InChI is InChI=1S/C19H22N2O2S/c1-13(2)18(24-17-8-3-4-11-21(17)23)19(22)20-16-10-9-14-6-5-7-15(14)12-16/h3-4,8-13,18H,5-7H2,1-2H3,(H,20,22)/t18-/m1/s1. The lowest BCUT2D eigenvalue weighted by Gasteiger charge is -2.19. The van der Waals surface area contributed by atoms with Gasteiger partial charge in [-0.2, -0.15) is 4.73 Å². The highest BCUT2D eigenvalue weighted by Crippen LogP contribution is 2.28. The van der Waals surface area contributed by atoms with Crippen LogP contribution in [0.2, 0.25) is 0 Å². The van der Waals surface area contributed by atoms with Crippen molar-refractivity contribution >= 4 is 23.4 Å². The summed E-state index contributed by atoms with van der Waals surface area (Å²) >= 11 is 1.31. The van der Waals surface area contributed by atoms with Crippen molar-refractivity contribution in [3.05, 3.63) is 58.9 Å². The van der Waals surface area contributed by atoms with Crippen LogP contribution in [0.4, 0.5) is 5.69 Å². The van der Waals surface area contributed by atoms with E-state index in [0.717, 1.165) is 23.3 Å². The van der Waals surface area contributed by atoms with Crippen molar-refractivity contribution in [3.63, 3.8) is 0 Å². The Hall–Kier alpha value is -2.01. The van der Waals surface area contributed by atoms with E-state index in [9.17, 15) is 10.0 Å². The van der Waals surface area contributed by atoms with Gasteiger partial charge in [-0.1, -0.05) is 19.9 Å². The molecule has 1 amide bonds. The number of rotatable bonds is 5. The molecule has 0 bridgehead atoms. The second-order valence-corrected chi connectivity index (χ2v) is 7.64. The Balaban J connectivity index is 1.74. The minimum absolute atomic E-state index is 0.0585. The zero-order chi connectivity index (χ0) is 17.1. The molecule has 4 nitrogen and oxygen atoms in total. The summed E-state index contributed by atoms with van der Waals surface area (Å²) < 4.78 is 0.808. The van der Waals surface area contributed by atoms with Crippen LogP contribution in [-0.4, -0.2) is 11.2 Å². The number of pyridine rings is 1. The first kappa shape index (κ1) is 16.8. The molecule has 5 heteroatoms. The maximum absolute atomic E-state index is 12.7. The molecule has 24 heavy (non-hydrogen) atoms. The molecule has 0 fully saturated rings. The van der Waals surface area contributed by atoms with Gasteiger partial charge in [-0.15, -0.1) is 0 Å². The Morgan fingerprint density at radius 2 is 2.00 bits per heavy atom. The van der Waals surface area contributed by atoms with E-state index in [2.05, 4.69) is 17.4 Å². The first-order valence-corrected chi connectivity index (χ1v) is 9.20. The molecule has 0 spiro atoms. The number of amides is 1. The van der Waals surface area contributed by atoms with Gasteiger partial charge in [0.2, 0.25) is 5.91 Å². The predicted octanol–water partition coefficient (Wildman–Crippen LogP) is 3.56. The Labute approximate surface area is 146 Å². The van der Waals surface area contributed by atoms with Crippen molar-refractivity contribution < 1.29 is 9.52 Å². The van der Waals surface area contributed by atoms with Crippen molar-refractivity contribution in [1.29, 1.82) is 0 Å². The second-order valence-electron chi connectivity index (χ2n) is 6.47. The summed E-state index contributed by atoms with van der Waals surface area (Å²) in [7, 11) is 0. The number of thioether (sulfide) groups is 1. The predicted molar refractivity (Wildman–Crippen MR) is 97.0 cm³/mol. The van der Waals surface area contributed by atoms with E-state index in [1.807, 2.05) is 26.0 Å². The van der Waals surface area contributed by atoms with Gasteiger partial charge in [-0.05, 0) is 66.3 Å². The van der Waals surface area contributed by atoms with Crippen molar-refractivity contribution in [2.24, 2.45) is 5.92 Å². The number of benzene rings is 1. The third-order valence-corrected chi connectivity index (χ3v) is 5.84. The van der Waals surface area contributed by atoms with Crippen LogP contribution in [-0.2, 0) is 17.6 Å². The molecule has 1 aromatic carbocycles. The zero-order valence-electron chi connectivity index (χ0n) is 14.0. The second kappa shape index (κ2) is 7.26. The average Bonchev–Trinajstić information content (AvgIpc) is 3.01. The van der Waals surface area contributed by atoms with Gasteiger partial charge in [0.1, 0.15) is 0 Å². The van der Waals surface area contributed by atoms with Crippen LogP contribution >= 0.6 is 11.8 Å². The molecule has 0 saturated carbocycles. The highest BCUT2D eigenvalue weighted by molar-refractivity contribution is 8.00. The number of hydrogen-bond acceptors (Lipinski definition) is 3. The van der Waals surface area contributed by atoms with E-state index >= 15 is 0 Å². The van der Waals surface area contributed by atoms with Gasteiger partial charge in [0.15, 0.2) is 6.20 Å². The van der Waals surface area contributed by atoms with E-state index < -0.39 is 0 Å². The molecule has 0 aliphatic heterocycles. The summed E-state index contributed by atoms with van der Waals surface area (Å²) in [6.07, 6.45) is 4.86. The molecule has 0 saturated heterocycles. The largest absolute Gasteiger partial charge is 0.618 e. The molecule has 1 aliphatic rings. The molecule has 1 heterocycles. The van der Waals surface area contributed by atoms with Crippen molar-refractivity contribution in [2.75, 3.05) is 5.32 Å². The first-order chi connectivity index (χ1) is 11.5. The van der Waals surface area contributed by atoms with Crippen molar-refractivity contribution in [2.45, 2.75) is 43.4 Å². The zero-order valence-corrected chi connectivity index (χ0v) is 14.8. The molecule has 0 radical (unpaired) electrons. The fourth-order valence-electron chi connectivity index (χ4n) is 2.99. The number of carbonyl (C=O) groups is 1. The quantitative estimate of drug-likeness (QED) is 0.513. The lowest BCUT2D eigenvalue weighted by Crippen LogP contribution is -2.34. The van der Waals surface area contributed by atoms with Crippen LogP contribution in [0.25, 0.3) is 0 Å². The van der Waals surface area contributed by atoms with E-state index in [-0.39, 0.29) is 17.1 Å². The summed E-state index contributed by atoms with van der Waals surface area (Å²) in [6, 6.07) is 11.4. The van der Waals surface area contributed by atoms with Gasteiger partial charge in [0.25, 0.3) is 5.03 Å². The molecule has 2 aromatic rings. The van der Waals surface area contributed by atoms with Crippen LogP contribution in [0.3, 0.4) is 0 Å². The number of aromatic nitrogens is 1. The summed E-state index contributed by atoms with van der Waals surface area (Å²) in [5.41, 5.74) is 3.57. The summed E-state index contributed by atoms with van der Waals surface area (Å²) in [5.74, 6) is 0.0569. The normalized spacial score (nSPS) is 14.5. The van der Waals surface area contributed by atoms with Crippen LogP contribution in [0, 0.1) is 11.1 Å². The van der Waals surface area contributed by atoms with Gasteiger partial charge < -0.3 is 10.5 Å². The highest BCUT2D eigenvalue weighted by Gasteiger charge is 2.27. The maximum Gasteiger partial charge on any atom is 0.252 e.